The van der Waals surface area contributed by atoms with Gasteiger partial charge in [0, 0.05) is 6.26 Å². The summed E-state index contributed by atoms with van der Waals surface area (Å²) in [6, 6.07) is 16.3. The minimum absolute atomic E-state index is 0.0738. The highest BCUT2D eigenvalue weighted by Gasteiger charge is 2.13. The monoisotopic (exact) mass is 257 g/mol. The van der Waals surface area contributed by atoms with E-state index in [2.05, 4.69) is 0 Å². The maximum atomic E-state index is 11.5. The van der Waals surface area contributed by atoms with Gasteiger partial charge in [-0.05, 0) is 23.3 Å². The first kappa shape index (κ1) is 12.3. The maximum absolute atomic E-state index is 11.5. The van der Waals surface area contributed by atoms with Crippen LogP contribution in [-0.2, 0) is 9.84 Å². The number of hydrogen-bond acceptors (Lipinski definition) is 3. The molecule has 0 aliphatic heterocycles. The molecule has 0 N–H and O–H groups in total. The predicted octanol–water partition coefficient (Wildman–Crippen LogP) is 2.63. The Labute approximate surface area is 106 Å². The minimum Gasteiger partial charge on any atom is -0.224 e. The van der Waals surface area contributed by atoms with E-state index in [0.29, 0.717) is 0 Å². The van der Waals surface area contributed by atoms with Gasteiger partial charge in [0.1, 0.15) is 6.07 Å². The van der Waals surface area contributed by atoms with E-state index in [9.17, 15) is 8.42 Å². The molecule has 4 heteroatoms. The highest BCUT2D eigenvalue weighted by molar-refractivity contribution is 7.90. The quantitative estimate of drug-likeness (QED) is 0.831. The largest absolute Gasteiger partial charge is 0.224 e. The number of hydrogen-bond donors (Lipinski definition) is 0. The lowest BCUT2D eigenvalue weighted by Crippen LogP contribution is -2.00. The smallest absolute Gasteiger partial charge is 0.176 e. The molecule has 0 bridgehead atoms. The van der Waals surface area contributed by atoms with E-state index in [0.717, 1.165) is 17.4 Å². The van der Waals surface area contributed by atoms with Crippen molar-refractivity contribution in [1.82, 2.24) is 0 Å². The molecule has 3 nitrogen and oxygen atoms in total. The second-order valence-electron chi connectivity index (χ2n) is 3.96. The fraction of sp³-hybridized carbons (Fsp3) is 0.0714. The molecule has 0 aliphatic carbocycles. The maximum Gasteiger partial charge on any atom is 0.176 e. The fourth-order valence-corrected chi connectivity index (χ4v) is 2.57. The van der Waals surface area contributed by atoms with Crippen LogP contribution >= 0.6 is 0 Å². The van der Waals surface area contributed by atoms with Crippen LogP contribution in [0.25, 0.3) is 11.1 Å². The van der Waals surface area contributed by atoms with E-state index in [4.69, 9.17) is 5.26 Å². The van der Waals surface area contributed by atoms with Crippen LogP contribution in [0.4, 0.5) is 0 Å². The summed E-state index contributed by atoms with van der Waals surface area (Å²) in [4.78, 5) is 0.0738. The Balaban J connectivity index is 2.61. The Morgan fingerprint density at radius 2 is 1.67 bits per heavy atom. The van der Waals surface area contributed by atoms with Crippen molar-refractivity contribution in [2.75, 3.05) is 6.26 Å². The molecule has 0 atom stereocenters. The zero-order valence-corrected chi connectivity index (χ0v) is 10.6. The standard InChI is InChI=1S/C14H11NO2S/c1-18(16,17)14-8-7-12(9-13(14)10-15)11-5-3-2-4-6-11/h2-9H,1H3. The van der Waals surface area contributed by atoms with Crippen LogP contribution in [-0.4, -0.2) is 14.7 Å². The lowest BCUT2D eigenvalue weighted by atomic mass is 10.0. The molecule has 0 saturated carbocycles. The van der Waals surface area contributed by atoms with Crippen LogP contribution in [0.3, 0.4) is 0 Å². The first-order valence-electron chi connectivity index (χ1n) is 5.32. The average molecular weight is 257 g/mol. The van der Waals surface area contributed by atoms with Crippen molar-refractivity contribution in [3.05, 3.63) is 54.1 Å². The molecule has 0 spiro atoms. The molecule has 0 aromatic heterocycles. The van der Waals surface area contributed by atoms with E-state index in [-0.39, 0.29) is 10.5 Å². The second-order valence-corrected chi connectivity index (χ2v) is 5.95. The van der Waals surface area contributed by atoms with Crippen molar-refractivity contribution in [3.8, 4) is 17.2 Å². The van der Waals surface area contributed by atoms with E-state index >= 15 is 0 Å². The molecular weight excluding hydrogens is 246 g/mol. The summed E-state index contributed by atoms with van der Waals surface area (Å²) in [7, 11) is -3.37. The molecule has 18 heavy (non-hydrogen) atoms. The molecule has 0 fully saturated rings. The van der Waals surface area contributed by atoms with E-state index in [1.807, 2.05) is 36.4 Å². The predicted molar refractivity (Wildman–Crippen MR) is 69.7 cm³/mol. The SMILES string of the molecule is CS(=O)(=O)c1ccc(-c2ccccc2)cc1C#N. The molecule has 90 valence electrons. The minimum atomic E-state index is -3.37. The molecule has 2 rings (SSSR count). The van der Waals surface area contributed by atoms with Crippen LogP contribution in [0.15, 0.2) is 53.4 Å². The Morgan fingerprint density at radius 1 is 1.00 bits per heavy atom. The summed E-state index contributed by atoms with van der Waals surface area (Å²) in [5.41, 5.74) is 1.97. The van der Waals surface area contributed by atoms with Crippen LogP contribution in [0.5, 0.6) is 0 Å². The first-order valence-corrected chi connectivity index (χ1v) is 7.21. The van der Waals surface area contributed by atoms with Crippen LogP contribution in [0, 0.1) is 11.3 Å². The molecular formula is C14H11NO2S. The Bertz CT molecular complexity index is 713. The average Bonchev–Trinajstić information content (AvgIpc) is 2.38. The van der Waals surface area contributed by atoms with Crippen molar-refractivity contribution < 1.29 is 8.42 Å². The normalized spacial score (nSPS) is 10.9. The highest BCUT2D eigenvalue weighted by atomic mass is 32.2. The van der Waals surface area contributed by atoms with Gasteiger partial charge in [-0.3, -0.25) is 0 Å². The van der Waals surface area contributed by atoms with Gasteiger partial charge in [0.25, 0.3) is 0 Å². The van der Waals surface area contributed by atoms with E-state index in [1.54, 1.807) is 12.1 Å². The van der Waals surface area contributed by atoms with Crippen LogP contribution in [0.1, 0.15) is 5.56 Å². The molecule has 0 saturated heterocycles. The fourth-order valence-electron chi connectivity index (χ4n) is 1.75. The van der Waals surface area contributed by atoms with Gasteiger partial charge in [-0.1, -0.05) is 36.4 Å². The molecule has 2 aromatic carbocycles. The molecule has 2 aromatic rings. The van der Waals surface area contributed by atoms with Gasteiger partial charge < -0.3 is 0 Å². The Morgan fingerprint density at radius 3 is 2.22 bits per heavy atom. The number of nitriles is 1. The lowest BCUT2D eigenvalue weighted by Gasteiger charge is -2.05. The van der Waals surface area contributed by atoms with Crippen molar-refractivity contribution in [2.24, 2.45) is 0 Å². The number of rotatable bonds is 2. The van der Waals surface area contributed by atoms with Crippen molar-refractivity contribution in [2.45, 2.75) is 4.90 Å². The second kappa shape index (κ2) is 4.63. The number of benzene rings is 2. The summed E-state index contributed by atoms with van der Waals surface area (Å²) in [5, 5.41) is 9.04. The Hall–Kier alpha value is -2.12. The summed E-state index contributed by atoms with van der Waals surface area (Å²) in [6.07, 6.45) is 1.10. The van der Waals surface area contributed by atoms with Gasteiger partial charge in [0.05, 0.1) is 10.5 Å². The van der Waals surface area contributed by atoms with E-state index < -0.39 is 9.84 Å². The van der Waals surface area contributed by atoms with Gasteiger partial charge >= 0.3 is 0 Å². The summed E-state index contributed by atoms with van der Waals surface area (Å²) in [6.45, 7) is 0. The van der Waals surface area contributed by atoms with Gasteiger partial charge in [0.2, 0.25) is 0 Å². The third-order valence-corrected chi connectivity index (χ3v) is 3.76. The zero-order valence-electron chi connectivity index (χ0n) is 9.79. The summed E-state index contributed by atoms with van der Waals surface area (Å²) in [5.74, 6) is 0. The lowest BCUT2D eigenvalue weighted by molar-refractivity contribution is 0.601. The third-order valence-electron chi connectivity index (χ3n) is 2.61. The van der Waals surface area contributed by atoms with Gasteiger partial charge in [0.15, 0.2) is 9.84 Å². The molecule has 0 aliphatic rings. The van der Waals surface area contributed by atoms with Crippen LogP contribution < -0.4 is 0 Å². The highest BCUT2D eigenvalue weighted by Crippen LogP contribution is 2.24. The molecule has 0 amide bonds. The third kappa shape index (κ3) is 2.41. The van der Waals surface area contributed by atoms with Crippen molar-refractivity contribution >= 4 is 9.84 Å². The summed E-state index contributed by atoms with van der Waals surface area (Å²) >= 11 is 0. The Kier molecular flexibility index (Phi) is 3.17. The first-order chi connectivity index (χ1) is 8.52. The van der Waals surface area contributed by atoms with Gasteiger partial charge in [-0.25, -0.2) is 8.42 Å². The number of nitrogens with zero attached hydrogens (tertiary/aromatic N) is 1. The van der Waals surface area contributed by atoms with Crippen LogP contribution in [0.2, 0.25) is 0 Å². The summed E-state index contributed by atoms with van der Waals surface area (Å²) < 4.78 is 23.0. The van der Waals surface area contributed by atoms with Crippen molar-refractivity contribution in [3.63, 3.8) is 0 Å². The van der Waals surface area contributed by atoms with Crippen molar-refractivity contribution in [1.29, 1.82) is 5.26 Å². The topological polar surface area (TPSA) is 57.9 Å². The molecule has 0 heterocycles. The number of sulfone groups is 1. The van der Waals surface area contributed by atoms with Gasteiger partial charge in [-0.2, -0.15) is 5.26 Å². The molecule has 0 unspecified atom stereocenters. The van der Waals surface area contributed by atoms with Gasteiger partial charge in [-0.15, -0.1) is 0 Å². The molecule has 0 radical (unpaired) electrons. The van der Waals surface area contributed by atoms with E-state index in [1.165, 1.54) is 6.07 Å². The zero-order chi connectivity index (χ0) is 13.2.